The van der Waals surface area contributed by atoms with Gasteiger partial charge in [0, 0.05) is 24.7 Å². The number of hydrogen-bond donors (Lipinski definition) is 0. The minimum Gasteiger partial charge on any atom is -0.313 e. The number of aromatic nitrogens is 1. The third-order valence-corrected chi connectivity index (χ3v) is 9.64. The summed E-state index contributed by atoms with van der Waals surface area (Å²) in [5.41, 5.74) is 3.20. The summed E-state index contributed by atoms with van der Waals surface area (Å²) in [6.45, 7) is 6.91. The van der Waals surface area contributed by atoms with Crippen LogP contribution in [0.25, 0.3) is 0 Å². The molecule has 170 valence electrons. The first-order chi connectivity index (χ1) is 15.3. The smallest absolute Gasteiger partial charge is 0.313 e. The lowest BCUT2D eigenvalue weighted by atomic mass is 9.46. The van der Waals surface area contributed by atoms with Gasteiger partial charge in [-0.15, -0.1) is 0 Å². The molecule has 1 heterocycles. The number of oxime groups is 1. The van der Waals surface area contributed by atoms with E-state index in [-0.39, 0.29) is 10.8 Å². The molecular formula is C27H34N2O3. The average molecular weight is 435 g/mol. The Bertz CT molecular complexity index is 984. The summed E-state index contributed by atoms with van der Waals surface area (Å²) in [4.78, 5) is 33.6. The van der Waals surface area contributed by atoms with Crippen molar-refractivity contribution in [2.24, 2.45) is 39.7 Å². The van der Waals surface area contributed by atoms with Gasteiger partial charge in [-0.3, -0.25) is 9.78 Å². The summed E-state index contributed by atoms with van der Waals surface area (Å²) in [6, 6.07) is 3.42. The number of ketones is 1. The number of carbonyl (C=O) groups excluding carboxylic acids is 2. The molecule has 6 unspecified atom stereocenters. The number of allylic oxidation sites excluding steroid dienone is 1. The number of nitrogens with zero attached hydrogens (tertiary/aromatic N) is 2. The van der Waals surface area contributed by atoms with E-state index in [4.69, 9.17) is 4.84 Å². The topological polar surface area (TPSA) is 68.6 Å². The number of carbonyl (C=O) groups is 2. The van der Waals surface area contributed by atoms with Crippen molar-refractivity contribution in [1.82, 2.24) is 4.98 Å². The first kappa shape index (κ1) is 21.5. The zero-order chi connectivity index (χ0) is 22.5. The maximum atomic E-state index is 12.3. The minimum absolute atomic E-state index is 0.206. The van der Waals surface area contributed by atoms with E-state index in [9.17, 15) is 9.59 Å². The Morgan fingerprint density at radius 2 is 1.97 bits per heavy atom. The van der Waals surface area contributed by atoms with Crippen molar-refractivity contribution >= 4 is 17.5 Å². The van der Waals surface area contributed by atoms with Gasteiger partial charge in [0.25, 0.3) is 0 Å². The molecular weight excluding hydrogens is 400 g/mol. The van der Waals surface area contributed by atoms with Gasteiger partial charge in [0.2, 0.25) is 0 Å². The van der Waals surface area contributed by atoms with Crippen LogP contribution in [-0.2, 0) is 9.63 Å². The Morgan fingerprint density at radius 3 is 2.75 bits per heavy atom. The van der Waals surface area contributed by atoms with Gasteiger partial charge < -0.3 is 4.84 Å². The van der Waals surface area contributed by atoms with Gasteiger partial charge in [0.15, 0.2) is 5.78 Å². The normalized spacial score (nSPS) is 38.9. The molecule has 0 saturated heterocycles. The van der Waals surface area contributed by atoms with Crippen LogP contribution in [0, 0.1) is 34.5 Å². The van der Waals surface area contributed by atoms with Gasteiger partial charge >= 0.3 is 5.97 Å². The van der Waals surface area contributed by atoms with E-state index in [1.807, 2.05) is 13.0 Å². The molecule has 32 heavy (non-hydrogen) atoms. The highest BCUT2D eigenvalue weighted by Crippen LogP contribution is 2.66. The van der Waals surface area contributed by atoms with Crippen LogP contribution in [0.3, 0.4) is 0 Å². The zero-order valence-electron chi connectivity index (χ0n) is 19.5. The van der Waals surface area contributed by atoms with Crippen LogP contribution in [0.15, 0.2) is 41.3 Å². The molecule has 1 aromatic heterocycles. The molecule has 5 heteroatoms. The lowest BCUT2D eigenvalue weighted by Crippen LogP contribution is -2.51. The summed E-state index contributed by atoms with van der Waals surface area (Å²) < 4.78 is 0. The van der Waals surface area contributed by atoms with Gasteiger partial charge in [-0.1, -0.05) is 24.6 Å². The molecule has 0 aliphatic heterocycles. The van der Waals surface area contributed by atoms with Crippen LogP contribution in [0.5, 0.6) is 0 Å². The van der Waals surface area contributed by atoms with Crippen molar-refractivity contribution in [2.75, 3.05) is 0 Å². The van der Waals surface area contributed by atoms with E-state index in [1.54, 1.807) is 18.3 Å². The SMILES string of the molecule is C/C(=N\OC(=O)c1cccnc1)C1CCC2C3CCC4=CC(=O)CCC4(C)C3CCC12C. The van der Waals surface area contributed by atoms with Crippen molar-refractivity contribution in [3.63, 3.8) is 0 Å². The molecule has 4 aliphatic rings. The van der Waals surface area contributed by atoms with Gasteiger partial charge in [0.05, 0.1) is 11.3 Å². The van der Waals surface area contributed by atoms with Crippen LogP contribution in [0.2, 0.25) is 0 Å². The average Bonchev–Trinajstić information content (AvgIpc) is 3.15. The second kappa shape index (κ2) is 7.93. The third kappa shape index (κ3) is 3.36. The van der Waals surface area contributed by atoms with E-state index >= 15 is 0 Å². The maximum absolute atomic E-state index is 12.3. The predicted octanol–water partition coefficient (Wildman–Crippen LogP) is 5.76. The summed E-state index contributed by atoms with van der Waals surface area (Å²) in [6.07, 6.45) is 13.9. The third-order valence-electron chi connectivity index (χ3n) is 9.64. The minimum atomic E-state index is -0.452. The van der Waals surface area contributed by atoms with Gasteiger partial charge in [-0.25, -0.2) is 4.79 Å². The lowest BCUT2D eigenvalue weighted by molar-refractivity contribution is -0.117. The second-order valence-corrected chi connectivity index (χ2v) is 11.0. The van der Waals surface area contributed by atoms with E-state index in [0.717, 1.165) is 30.9 Å². The van der Waals surface area contributed by atoms with Crippen molar-refractivity contribution in [3.05, 3.63) is 41.7 Å². The molecule has 3 saturated carbocycles. The van der Waals surface area contributed by atoms with Crippen LogP contribution in [-0.4, -0.2) is 22.4 Å². The highest BCUT2D eigenvalue weighted by Gasteiger charge is 2.59. The van der Waals surface area contributed by atoms with Crippen LogP contribution < -0.4 is 0 Å². The largest absolute Gasteiger partial charge is 0.367 e. The first-order valence-electron chi connectivity index (χ1n) is 12.2. The van der Waals surface area contributed by atoms with Crippen LogP contribution in [0.4, 0.5) is 0 Å². The van der Waals surface area contributed by atoms with Gasteiger partial charge in [0.1, 0.15) is 0 Å². The predicted molar refractivity (Wildman–Crippen MR) is 123 cm³/mol. The fourth-order valence-corrected chi connectivity index (χ4v) is 7.96. The maximum Gasteiger partial charge on any atom is 0.367 e. The van der Waals surface area contributed by atoms with Crippen molar-refractivity contribution in [2.45, 2.75) is 72.1 Å². The fraction of sp³-hybridized carbons (Fsp3) is 0.630. The highest BCUT2D eigenvalue weighted by atomic mass is 16.7. The number of pyridine rings is 1. The standard InChI is InChI=1S/C27H34N2O3/c1-17(29-32-25(31)18-5-4-14-28-16-18)22-8-9-23-21-7-6-19-15-20(30)10-12-26(19,2)24(21)11-13-27(22,23)3/h4-5,14-16,21-24H,6-13H2,1-3H3/b29-17+. The molecule has 0 N–H and O–H groups in total. The van der Waals surface area contributed by atoms with Gasteiger partial charge in [-0.05, 0) is 98.7 Å². The van der Waals surface area contributed by atoms with Crippen LogP contribution in [0.1, 0.15) is 82.5 Å². The molecule has 3 fully saturated rings. The molecule has 0 bridgehead atoms. The molecule has 0 spiro atoms. The summed E-state index contributed by atoms with van der Waals surface area (Å²) in [5.74, 6) is 2.32. The Kier molecular flexibility index (Phi) is 5.34. The molecule has 5 rings (SSSR count). The highest BCUT2D eigenvalue weighted by molar-refractivity contribution is 5.92. The number of rotatable bonds is 3. The lowest BCUT2D eigenvalue weighted by Gasteiger charge is -2.58. The molecule has 0 amide bonds. The Hall–Kier alpha value is -2.30. The van der Waals surface area contributed by atoms with Crippen molar-refractivity contribution in [3.8, 4) is 0 Å². The summed E-state index contributed by atoms with van der Waals surface area (Å²) >= 11 is 0. The van der Waals surface area contributed by atoms with E-state index in [2.05, 4.69) is 24.0 Å². The monoisotopic (exact) mass is 434 g/mol. The first-order valence-corrected chi connectivity index (χ1v) is 12.2. The summed E-state index contributed by atoms with van der Waals surface area (Å²) in [5, 5.41) is 4.30. The second-order valence-electron chi connectivity index (χ2n) is 11.0. The molecule has 0 aromatic carbocycles. The number of hydrogen-bond acceptors (Lipinski definition) is 5. The summed E-state index contributed by atoms with van der Waals surface area (Å²) in [7, 11) is 0. The Balaban J connectivity index is 1.33. The Labute approximate surface area is 190 Å². The molecule has 5 nitrogen and oxygen atoms in total. The number of fused-ring (bicyclic) bond motifs is 5. The molecule has 1 aromatic rings. The molecule has 4 aliphatic carbocycles. The fourth-order valence-electron chi connectivity index (χ4n) is 7.96. The van der Waals surface area contributed by atoms with Gasteiger partial charge in [-0.2, -0.15) is 0 Å². The van der Waals surface area contributed by atoms with E-state index in [0.29, 0.717) is 35.5 Å². The van der Waals surface area contributed by atoms with E-state index < -0.39 is 5.97 Å². The molecule has 0 radical (unpaired) electrons. The van der Waals surface area contributed by atoms with Crippen molar-refractivity contribution < 1.29 is 14.4 Å². The van der Waals surface area contributed by atoms with E-state index in [1.165, 1.54) is 37.5 Å². The van der Waals surface area contributed by atoms with Crippen LogP contribution >= 0.6 is 0 Å². The quantitative estimate of drug-likeness (QED) is 0.344. The zero-order valence-corrected chi connectivity index (χ0v) is 19.5. The molecule has 6 atom stereocenters. The van der Waals surface area contributed by atoms with Crippen molar-refractivity contribution in [1.29, 1.82) is 0 Å². The Morgan fingerprint density at radius 1 is 1.12 bits per heavy atom.